The molecule has 0 bridgehead atoms. The van der Waals surface area contributed by atoms with Crippen LogP contribution >= 0.6 is 0 Å². The highest BCUT2D eigenvalue weighted by molar-refractivity contribution is 6.00. The highest BCUT2D eigenvalue weighted by Gasteiger charge is 2.22. The van der Waals surface area contributed by atoms with Gasteiger partial charge >= 0.3 is 59.7 Å². The number of esters is 10. The van der Waals surface area contributed by atoms with Crippen LogP contribution in [0, 0.1) is 0 Å². The largest absolute Gasteiger partial charge is 0.428 e. The molecule has 0 atom stereocenters. The van der Waals surface area contributed by atoms with E-state index in [1.807, 2.05) is 0 Å². The molecule has 0 radical (unpaired) electrons. The lowest BCUT2D eigenvalue weighted by molar-refractivity contribution is -0.166. The Morgan fingerprint density at radius 1 is 0.362 bits per heavy atom. The smallest absolute Gasteiger partial charge is 0.344 e. The van der Waals surface area contributed by atoms with Crippen LogP contribution in [0.3, 0.4) is 0 Å². The molecule has 5 aromatic carbocycles. The van der Waals surface area contributed by atoms with Gasteiger partial charge in [0, 0.05) is 18.2 Å². The van der Waals surface area contributed by atoms with Crippen LogP contribution < -0.4 is 18.9 Å². The number of hydrogen-bond donors (Lipinski definition) is 0. The van der Waals surface area contributed by atoms with Gasteiger partial charge in [0.2, 0.25) is 20.4 Å². The van der Waals surface area contributed by atoms with E-state index in [2.05, 4.69) is 29.2 Å². The van der Waals surface area contributed by atoms with Gasteiger partial charge in [-0.25, -0.2) is 28.8 Å². The van der Waals surface area contributed by atoms with E-state index in [9.17, 15) is 47.9 Å². The standard InChI is InChI=1S/C49H38O20/c1-4-40(50)60-26-63-43(53)17-19-45(55)66-35-13-11-29-21-33(9-7-31(29)23-35)47(57)68-37-15-16-39(38(25-37)49(59)65-28-62-42(52)6-3)69-48(58)34-10-8-32-24-36(14-12-30(32)22-34)67-46(56)20-18-44(54)64-27-61-41(51)5-2/h4-16,21-25H,1-3,17-20,26-28H2. The van der Waals surface area contributed by atoms with Crippen LogP contribution in [0.1, 0.15) is 56.8 Å². The molecule has 20 heteroatoms. The molecular formula is C49H38O20. The molecule has 0 heterocycles. The van der Waals surface area contributed by atoms with Crippen LogP contribution in [0.5, 0.6) is 23.0 Å². The molecular weight excluding hydrogens is 909 g/mol. The SMILES string of the molecule is C=CC(=O)OCOC(=O)CCC(=O)Oc1ccc2cc(C(=O)Oc3ccc(OC(=O)c4ccc5cc(OC(=O)CCC(=O)OCOC(=O)C=C)ccc5c4)c(C(=O)OCOC(=O)C=C)c3)ccc2c1. The normalized spacial score (nSPS) is 10.3. The van der Waals surface area contributed by atoms with Gasteiger partial charge in [0.15, 0.2) is 0 Å². The molecule has 0 unspecified atom stereocenters. The number of fused-ring (bicyclic) bond motifs is 2. The van der Waals surface area contributed by atoms with Gasteiger partial charge in [-0.3, -0.25) is 19.2 Å². The third-order valence-electron chi connectivity index (χ3n) is 8.94. The second kappa shape index (κ2) is 24.7. The second-order valence-electron chi connectivity index (χ2n) is 13.7. The maximum absolute atomic E-state index is 13.4. The van der Waals surface area contributed by atoms with Gasteiger partial charge < -0.3 is 47.4 Å². The van der Waals surface area contributed by atoms with E-state index in [1.165, 1.54) is 66.7 Å². The van der Waals surface area contributed by atoms with Gasteiger partial charge in [-0.2, -0.15) is 0 Å². The highest BCUT2D eigenvalue weighted by atomic mass is 16.7. The number of hydrogen-bond acceptors (Lipinski definition) is 20. The molecule has 0 aliphatic rings. The fourth-order valence-electron chi connectivity index (χ4n) is 5.59. The van der Waals surface area contributed by atoms with Crippen molar-refractivity contribution in [3.63, 3.8) is 0 Å². The van der Waals surface area contributed by atoms with Gasteiger partial charge in [0.1, 0.15) is 28.6 Å². The lowest BCUT2D eigenvalue weighted by atomic mass is 10.1. The van der Waals surface area contributed by atoms with E-state index in [0.29, 0.717) is 21.5 Å². The predicted molar refractivity (Wildman–Crippen MR) is 235 cm³/mol. The van der Waals surface area contributed by atoms with Crippen molar-refractivity contribution in [2.75, 3.05) is 20.4 Å². The minimum atomic E-state index is -1.13. The first kappa shape index (κ1) is 50.5. The molecule has 0 amide bonds. The van der Waals surface area contributed by atoms with Gasteiger partial charge in [-0.1, -0.05) is 44.0 Å². The summed E-state index contributed by atoms with van der Waals surface area (Å²) in [6, 6.07) is 21.5. The topological polar surface area (TPSA) is 263 Å². The van der Waals surface area contributed by atoms with Gasteiger partial charge in [-0.05, 0) is 88.3 Å². The first-order valence-electron chi connectivity index (χ1n) is 20.1. The van der Waals surface area contributed by atoms with Gasteiger partial charge in [0.05, 0.1) is 36.8 Å². The molecule has 0 fully saturated rings. The van der Waals surface area contributed by atoms with Crippen LogP contribution in [-0.2, 0) is 62.0 Å². The van der Waals surface area contributed by atoms with Gasteiger partial charge in [0.25, 0.3) is 0 Å². The maximum atomic E-state index is 13.4. The summed E-state index contributed by atoms with van der Waals surface area (Å²) in [6.45, 7) is 7.57. The zero-order valence-electron chi connectivity index (χ0n) is 36.1. The summed E-state index contributed by atoms with van der Waals surface area (Å²) in [5, 5.41) is 2.17. The Bertz CT molecular complexity index is 2880. The molecule has 0 spiro atoms. The molecule has 0 aliphatic heterocycles. The minimum Gasteiger partial charge on any atom is -0.428 e. The zero-order valence-corrected chi connectivity index (χ0v) is 36.1. The average Bonchev–Trinajstić information content (AvgIpc) is 3.34. The summed E-state index contributed by atoms with van der Waals surface area (Å²) in [5.41, 5.74) is -0.289. The molecule has 0 saturated heterocycles. The van der Waals surface area contributed by atoms with Crippen LogP contribution in [0.4, 0.5) is 0 Å². The van der Waals surface area contributed by atoms with Gasteiger partial charge in [-0.15, -0.1) is 0 Å². The van der Waals surface area contributed by atoms with E-state index < -0.39 is 85.6 Å². The number of benzene rings is 5. The maximum Gasteiger partial charge on any atom is 0.344 e. The van der Waals surface area contributed by atoms with Crippen molar-refractivity contribution >= 4 is 81.2 Å². The molecule has 5 aromatic rings. The molecule has 0 aliphatic carbocycles. The number of rotatable bonds is 22. The van der Waals surface area contributed by atoms with Crippen LogP contribution in [0.25, 0.3) is 21.5 Å². The third kappa shape index (κ3) is 15.6. The van der Waals surface area contributed by atoms with E-state index in [-0.39, 0.29) is 59.8 Å². The van der Waals surface area contributed by atoms with Crippen molar-refractivity contribution in [1.82, 2.24) is 0 Å². The summed E-state index contributed by atoms with van der Waals surface area (Å²) in [5.74, 6) is -8.67. The Kier molecular flexibility index (Phi) is 18.1. The number of carbonyl (C=O) groups is 10. The molecule has 0 aromatic heterocycles. The van der Waals surface area contributed by atoms with Crippen molar-refractivity contribution in [3.05, 3.63) is 146 Å². The Morgan fingerprint density at radius 3 is 1.20 bits per heavy atom. The van der Waals surface area contributed by atoms with Crippen molar-refractivity contribution in [3.8, 4) is 23.0 Å². The Labute approximate surface area is 390 Å². The van der Waals surface area contributed by atoms with E-state index in [4.69, 9.17) is 37.9 Å². The predicted octanol–water partition coefficient (Wildman–Crippen LogP) is 6.11. The lowest BCUT2D eigenvalue weighted by Crippen LogP contribution is -2.16. The zero-order chi connectivity index (χ0) is 49.9. The van der Waals surface area contributed by atoms with Crippen LogP contribution in [0.2, 0.25) is 0 Å². The third-order valence-corrected chi connectivity index (χ3v) is 8.94. The molecule has 0 N–H and O–H groups in total. The van der Waals surface area contributed by atoms with Crippen molar-refractivity contribution in [2.24, 2.45) is 0 Å². The van der Waals surface area contributed by atoms with E-state index in [1.54, 1.807) is 18.2 Å². The number of carbonyl (C=O) groups excluding carboxylic acids is 10. The Hall–Kier alpha value is -9.46. The first-order chi connectivity index (χ1) is 33.1. The Morgan fingerprint density at radius 2 is 0.739 bits per heavy atom. The summed E-state index contributed by atoms with van der Waals surface area (Å²) >= 11 is 0. The van der Waals surface area contributed by atoms with E-state index >= 15 is 0 Å². The van der Waals surface area contributed by atoms with Crippen molar-refractivity contribution in [2.45, 2.75) is 25.7 Å². The quantitative estimate of drug-likeness (QED) is 0.0249. The monoisotopic (exact) mass is 946 g/mol. The van der Waals surface area contributed by atoms with Crippen molar-refractivity contribution in [1.29, 1.82) is 0 Å². The highest BCUT2D eigenvalue weighted by Crippen LogP contribution is 2.29. The average molecular weight is 947 g/mol. The Balaban J connectivity index is 1.22. The minimum absolute atomic E-state index is 0.0323. The molecule has 69 heavy (non-hydrogen) atoms. The van der Waals surface area contributed by atoms with Crippen LogP contribution in [0.15, 0.2) is 129 Å². The molecule has 5 rings (SSSR count). The lowest BCUT2D eigenvalue weighted by Gasteiger charge is -2.13. The van der Waals surface area contributed by atoms with Crippen LogP contribution in [-0.4, -0.2) is 80.1 Å². The van der Waals surface area contributed by atoms with E-state index in [0.717, 1.165) is 24.3 Å². The summed E-state index contributed by atoms with van der Waals surface area (Å²) in [7, 11) is 0. The fraction of sp³-hybridized carbons (Fsp3) is 0.143. The summed E-state index contributed by atoms with van der Waals surface area (Å²) in [4.78, 5) is 122. The summed E-state index contributed by atoms with van der Waals surface area (Å²) < 4.78 is 50.0. The number of ether oxygens (including phenoxy) is 10. The summed E-state index contributed by atoms with van der Waals surface area (Å²) in [6.07, 6.45) is 1.29. The molecule has 20 nitrogen and oxygen atoms in total. The first-order valence-corrected chi connectivity index (χ1v) is 20.1. The fourth-order valence-corrected chi connectivity index (χ4v) is 5.59. The molecule has 354 valence electrons. The molecule has 0 saturated carbocycles. The second-order valence-corrected chi connectivity index (χ2v) is 13.7. The van der Waals surface area contributed by atoms with Crippen molar-refractivity contribution < 1.29 is 95.3 Å².